The zero-order valence-electron chi connectivity index (χ0n) is 8.09. The summed E-state index contributed by atoms with van der Waals surface area (Å²) < 4.78 is 5.57. The molecule has 70 valence electrons. The number of nitrogens with zero attached hydrogens (tertiary/aromatic N) is 1. The fourth-order valence-electron chi connectivity index (χ4n) is 0.907. The fraction of sp³-hybridized carbons (Fsp3) is 0.889. The van der Waals surface area contributed by atoms with Gasteiger partial charge in [-0.15, -0.1) is 0 Å². The molecule has 0 N–H and O–H groups in total. The van der Waals surface area contributed by atoms with Crippen LogP contribution >= 0.6 is 0 Å². The van der Waals surface area contributed by atoms with E-state index in [9.17, 15) is 4.79 Å². The van der Waals surface area contributed by atoms with Gasteiger partial charge in [-0.2, -0.15) is 0 Å². The Morgan fingerprint density at radius 2 is 2.17 bits per heavy atom. The topological polar surface area (TPSA) is 29.5 Å². The minimum absolute atomic E-state index is 0.0968. The molecule has 1 saturated carbocycles. The van der Waals surface area contributed by atoms with E-state index in [-0.39, 0.29) is 11.5 Å². The Morgan fingerprint density at radius 1 is 1.58 bits per heavy atom. The molecule has 3 nitrogen and oxygen atoms in total. The third-order valence-corrected chi connectivity index (χ3v) is 2.37. The number of hydrogen-bond acceptors (Lipinski definition) is 2. The minimum Gasteiger partial charge on any atom is -0.373 e. The summed E-state index contributed by atoms with van der Waals surface area (Å²) in [6.07, 6.45) is 2.33. The van der Waals surface area contributed by atoms with Gasteiger partial charge in [0.05, 0.1) is 12.2 Å². The molecule has 1 fully saturated rings. The molecule has 0 aromatic rings. The van der Waals surface area contributed by atoms with Crippen LogP contribution in [0.25, 0.3) is 0 Å². The highest BCUT2D eigenvalue weighted by atomic mass is 16.5. The molecule has 0 spiro atoms. The lowest BCUT2D eigenvalue weighted by atomic mass is 10.4. The van der Waals surface area contributed by atoms with E-state index in [4.69, 9.17) is 4.74 Å². The molecule has 0 bridgehead atoms. The standard InChI is InChI=1S/C9H17NO2/c1-8(11)10(3)6-7-12-9(2)4-5-9/h4-7H2,1-3H3. The maximum Gasteiger partial charge on any atom is 0.219 e. The molecule has 1 aliphatic carbocycles. The smallest absolute Gasteiger partial charge is 0.219 e. The molecule has 0 radical (unpaired) electrons. The highest BCUT2D eigenvalue weighted by Gasteiger charge is 2.38. The molecule has 1 rings (SSSR count). The Labute approximate surface area is 73.7 Å². The summed E-state index contributed by atoms with van der Waals surface area (Å²) in [6, 6.07) is 0. The van der Waals surface area contributed by atoms with Crippen molar-refractivity contribution in [2.75, 3.05) is 20.2 Å². The lowest BCUT2D eigenvalue weighted by molar-refractivity contribution is -0.128. The van der Waals surface area contributed by atoms with Gasteiger partial charge in [-0.1, -0.05) is 0 Å². The SMILES string of the molecule is CC(=O)N(C)CCOC1(C)CC1. The second kappa shape index (κ2) is 3.44. The summed E-state index contributed by atoms with van der Waals surface area (Å²) in [4.78, 5) is 12.5. The minimum atomic E-state index is 0.0968. The molecule has 1 amide bonds. The van der Waals surface area contributed by atoms with Gasteiger partial charge in [-0.25, -0.2) is 0 Å². The van der Waals surface area contributed by atoms with Crippen LogP contribution in [0.5, 0.6) is 0 Å². The van der Waals surface area contributed by atoms with E-state index in [2.05, 4.69) is 6.92 Å². The van der Waals surface area contributed by atoms with Crippen molar-refractivity contribution >= 4 is 5.91 Å². The average molecular weight is 171 g/mol. The Balaban J connectivity index is 2.05. The van der Waals surface area contributed by atoms with Gasteiger partial charge in [0.2, 0.25) is 5.91 Å². The van der Waals surface area contributed by atoms with Crippen molar-refractivity contribution < 1.29 is 9.53 Å². The molecule has 0 unspecified atom stereocenters. The third-order valence-electron chi connectivity index (χ3n) is 2.37. The first-order chi connectivity index (χ1) is 5.53. The van der Waals surface area contributed by atoms with Gasteiger partial charge in [0, 0.05) is 20.5 Å². The van der Waals surface area contributed by atoms with E-state index in [0.29, 0.717) is 13.2 Å². The molecule has 3 heteroatoms. The van der Waals surface area contributed by atoms with Gasteiger partial charge in [0.15, 0.2) is 0 Å². The van der Waals surface area contributed by atoms with Crippen LogP contribution in [0.4, 0.5) is 0 Å². The van der Waals surface area contributed by atoms with Crippen molar-refractivity contribution in [3.8, 4) is 0 Å². The molecule has 0 aromatic heterocycles. The largest absolute Gasteiger partial charge is 0.373 e. The molecule has 0 aliphatic heterocycles. The number of amides is 1. The first kappa shape index (κ1) is 9.52. The Kier molecular flexibility index (Phi) is 2.73. The van der Waals surface area contributed by atoms with E-state index >= 15 is 0 Å². The molecule has 1 aliphatic rings. The Hall–Kier alpha value is -0.570. The fourth-order valence-corrected chi connectivity index (χ4v) is 0.907. The Bertz CT molecular complexity index is 175. The van der Waals surface area contributed by atoms with Gasteiger partial charge in [-0.3, -0.25) is 4.79 Å². The summed E-state index contributed by atoms with van der Waals surface area (Å²) in [5.41, 5.74) is 0.137. The van der Waals surface area contributed by atoms with Crippen molar-refractivity contribution in [1.29, 1.82) is 0 Å². The first-order valence-electron chi connectivity index (χ1n) is 4.39. The highest BCUT2D eigenvalue weighted by molar-refractivity contribution is 5.72. The van der Waals surface area contributed by atoms with Gasteiger partial charge in [0.1, 0.15) is 0 Å². The van der Waals surface area contributed by atoms with Crippen LogP contribution in [0.15, 0.2) is 0 Å². The zero-order chi connectivity index (χ0) is 9.19. The monoisotopic (exact) mass is 171 g/mol. The number of likely N-dealkylation sites (N-methyl/N-ethyl adjacent to an activating group) is 1. The van der Waals surface area contributed by atoms with E-state index < -0.39 is 0 Å². The van der Waals surface area contributed by atoms with Crippen LogP contribution in [0.3, 0.4) is 0 Å². The number of ether oxygens (including phenoxy) is 1. The molecular formula is C9H17NO2. The Morgan fingerprint density at radius 3 is 2.58 bits per heavy atom. The summed E-state index contributed by atoms with van der Waals surface area (Å²) in [5.74, 6) is 0.0968. The van der Waals surface area contributed by atoms with Gasteiger partial charge in [0.25, 0.3) is 0 Å². The summed E-state index contributed by atoms with van der Waals surface area (Å²) in [5, 5.41) is 0. The average Bonchev–Trinajstić information content (AvgIpc) is 2.68. The van der Waals surface area contributed by atoms with Gasteiger partial charge >= 0.3 is 0 Å². The second-order valence-corrected chi connectivity index (χ2v) is 3.74. The first-order valence-corrected chi connectivity index (χ1v) is 4.39. The lowest BCUT2D eigenvalue weighted by Gasteiger charge is -2.16. The molecule has 0 heterocycles. The number of hydrogen-bond donors (Lipinski definition) is 0. The van der Waals surface area contributed by atoms with E-state index in [1.54, 1.807) is 18.9 Å². The number of rotatable bonds is 4. The van der Waals surface area contributed by atoms with Gasteiger partial charge in [-0.05, 0) is 19.8 Å². The van der Waals surface area contributed by atoms with Crippen molar-refractivity contribution in [2.45, 2.75) is 32.3 Å². The van der Waals surface area contributed by atoms with Crippen LogP contribution in [-0.4, -0.2) is 36.6 Å². The molecule has 0 atom stereocenters. The zero-order valence-corrected chi connectivity index (χ0v) is 8.09. The number of carbonyl (C=O) groups excluding carboxylic acids is 1. The van der Waals surface area contributed by atoms with Crippen LogP contribution in [0.1, 0.15) is 26.7 Å². The van der Waals surface area contributed by atoms with Crippen molar-refractivity contribution in [3.63, 3.8) is 0 Å². The van der Waals surface area contributed by atoms with Crippen molar-refractivity contribution in [1.82, 2.24) is 4.90 Å². The highest BCUT2D eigenvalue weighted by Crippen LogP contribution is 2.38. The number of carbonyl (C=O) groups is 1. The molecule has 0 saturated heterocycles. The summed E-state index contributed by atoms with van der Waals surface area (Å²) in [7, 11) is 1.79. The maximum absolute atomic E-state index is 10.8. The lowest BCUT2D eigenvalue weighted by Crippen LogP contribution is -2.29. The van der Waals surface area contributed by atoms with Crippen LogP contribution < -0.4 is 0 Å². The van der Waals surface area contributed by atoms with E-state index in [0.717, 1.165) is 12.8 Å². The predicted octanol–water partition coefficient (Wildman–Crippen LogP) is 1.03. The predicted molar refractivity (Wildman–Crippen MR) is 46.9 cm³/mol. The maximum atomic E-state index is 10.8. The van der Waals surface area contributed by atoms with E-state index in [1.807, 2.05) is 0 Å². The van der Waals surface area contributed by atoms with E-state index in [1.165, 1.54) is 0 Å². The van der Waals surface area contributed by atoms with Crippen LogP contribution in [0, 0.1) is 0 Å². The van der Waals surface area contributed by atoms with Gasteiger partial charge < -0.3 is 9.64 Å². The van der Waals surface area contributed by atoms with Crippen molar-refractivity contribution in [3.05, 3.63) is 0 Å². The quantitative estimate of drug-likeness (QED) is 0.632. The normalized spacial score (nSPS) is 18.9. The van der Waals surface area contributed by atoms with Crippen LogP contribution in [-0.2, 0) is 9.53 Å². The molecular weight excluding hydrogens is 154 g/mol. The molecule has 0 aromatic carbocycles. The van der Waals surface area contributed by atoms with Crippen molar-refractivity contribution in [2.24, 2.45) is 0 Å². The summed E-state index contributed by atoms with van der Waals surface area (Å²) in [6.45, 7) is 5.04. The van der Waals surface area contributed by atoms with Crippen LogP contribution in [0.2, 0.25) is 0 Å². The third kappa shape index (κ3) is 2.81. The second-order valence-electron chi connectivity index (χ2n) is 3.74. The molecule has 12 heavy (non-hydrogen) atoms. The summed E-state index contributed by atoms with van der Waals surface area (Å²) >= 11 is 0.